The SMILES string of the molecule is C[C@@H]1CCc2c(C(=O)NCCN3CCOCC3)csc2C1. The van der Waals surface area contributed by atoms with Crippen molar-refractivity contribution in [1.29, 1.82) is 0 Å². The first-order valence-electron chi connectivity index (χ1n) is 7.91. The molecule has 1 aliphatic heterocycles. The number of nitrogens with one attached hydrogen (secondary N) is 1. The number of thiophene rings is 1. The number of morpholine rings is 1. The third-order valence-corrected chi connectivity index (χ3v) is 5.51. The molecule has 21 heavy (non-hydrogen) atoms. The molecular formula is C16H24N2O2S. The molecule has 0 saturated carbocycles. The summed E-state index contributed by atoms with van der Waals surface area (Å²) in [7, 11) is 0. The molecule has 1 aliphatic carbocycles. The largest absolute Gasteiger partial charge is 0.379 e. The molecule has 1 aromatic rings. The van der Waals surface area contributed by atoms with Crippen LogP contribution in [0, 0.1) is 5.92 Å². The minimum atomic E-state index is 0.107. The van der Waals surface area contributed by atoms with Crippen molar-refractivity contribution in [2.75, 3.05) is 39.4 Å². The van der Waals surface area contributed by atoms with Crippen LogP contribution in [0.15, 0.2) is 5.38 Å². The predicted molar refractivity (Wildman–Crippen MR) is 85.1 cm³/mol. The fourth-order valence-corrected chi connectivity index (χ4v) is 4.36. The lowest BCUT2D eigenvalue weighted by Crippen LogP contribution is -2.41. The van der Waals surface area contributed by atoms with Crippen LogP contribution in [0.1, 0.15) is 34.1 Å². The number of carbonyl (C=O) groups is 1. The average molecular weight is 308 g/mol. The molecule has 1 atom stereocenters. The molecule has 1 amide bonds. The summed E-state index contributed by atoms with van der Waals surface area (Å²) in [6.07, 6.45) is 3.41. The maximum absolute atomic E-state index is 12.4. The van der Waals surface area contributed by atoms with Crippen molar-refractivity contribution < 1.29 is 9.53 Å². The van der Waals surface area contributed by atoms with E-state index in [4.69, 9.17) is 4.74 Å². The van der Waals surface area contributed by atoms with Gasteiger partial charge < -0.3 is 10.1 Å². The van der Waals surface area contributed by atoms with Crippen LogP contribution in [-0.2, 0) is 17.6 Å². The van der Waals surface area contributed by atoms with E-state index in [1.807, 2.05) is 5.38 Å². The zero-order valence-electron chi connectivity index (χ0n) is 12.7. The average Bonchev–Trinajstić information content (AvgIpc) is 2.91. The molecule has 0 bridgehead atoms. The fourth-order valence-electron chi connectivity index (χ4n) is 3.12. The van der Waals surface area contributed by atoms with Crippen LogP contribution < -0.4 is 5.32 Å². The van der Waals surface area contributed by atoms with Gasteiger partial charge in [0.1, 0.15) is 0 Å². The lowest BCUT2D eigenvalue weighted by Gasteiger charge is -2.26. The molecule has 1 N–H and O–H groups in total. The highest BCUT2D eigenvalue weighted by atomic mass is 32.1. The first kappa shape index (κ1) is 15.0. The second-order valence-electron chi connectivity index (χ2n) is 6.11. The van der Waals surface area contributed by atoms with Crippen LogP contribution in [0.2, 0.25) is 0 Å². The van der Waals surface area contributed by atoms with Crippen molar-refractivity contribution in [3.05, 3.63) is 21.4 Å². The van der Waals surface area contributed by atoms with Crippen LogP contribution >= 0.6 is 11.3 Å². The van der Waals surface area contributed by atoms with E-state index in [0.717, 1.165) is 63.7 Å². The number of hydrogen-bond acceptors (Lipinski definition) is 4. The van der Waals surface area contributed by atoms with Gasteiger partial charge in [0.05, 0.1) is 18.8 Å². The van der Waals surface area contributed by atoms with Crippen molar-refractivity contribution in [1.82, 2.24) is 10.2 Å². The molecule has 0 unspecified atom stereocenters. The molecular weight excluding hydrogens is 284 g/mol. The number of nitrogens with zero attached hydrogens (tertiary/aromatic N) is 1. The zero-order valence-corrected chi connectivity index (χ0v) is 13.5. The second kappa shape index (κ2) is 6.90. The van der Waals surface area contributed by atoms with Gasteiger partial charge in [-0.25, -0.2) is 0 Å². The maximum atomic E-state index is 12.4. The third-order valence-electron chi connectivity index (χ3n) is 4.46. The summed E-state index contributed by atoms with van der Waals surface area (Å²) < 4.78 is 5.33. The number of hydrogen-bond donors (Lipinski definition) is 1. The van der Waals surface area contributed by atoms with E-state index < -0.39 is 0 Å². The van der Waals surface area contributed by atoms with Gasteiger partial charge in [0.15, 0.2) is 0 Å². The van der Waals surface area contributed by atoms with Gasteiger partial charge in [-0.1, -0.05) is 6.92 Å². The van der Waals surface area contributed by atoms with Crippen LogP contribution in [-0.4, -0.2) is 50.2 Å². The zero-order chi connectivity index (χ0) is 14.7. The van der Waals surface area contributed by atoms with Crippen LogP contribution in [0.4, 0.5) is 0 Å². The molecule has 0 aromatic carbocycles. The number of carbonyl (C=O) groups excluding carboxylic acids is 1. The molecule has 2 heterocycles. The Balaban J connectivity index is 1.51. The van der Waals surface area contributed by atoms with E-state index in [9.17, 15) is 4.79 Å². The molecule has 4 nitrogen and oxygen atoms in total. The minimum absolute atomic E-state index is 0.107. The van der Waals surface area contributed by atoms with Gasteiger partial charge in [-0.2, -0.15) is 0 Å². The first-order chi connectivity index (χ1) is 10.2. The van der Waals surface area contributed by atoms with Crippen molar-refractivity contribution in [2.24, 2.45) is 5.92 Å². The highest BCUT2D eigenvalue weighted by Crippen LogP contribution is 2.32. The minimum Gasteiger partial charge on any atom is -0.379 e. The Hall–Kier alpha value is -0.910. The Morgan fingerprint density at radius 2 is 2.29 bits per heavy atom. The second-order valence-corrected chi connectivity index (χ2v) is 7.07. The van der Waals surface area contributed by atoms with Gasteiger partial charge >= 0.3 is 0 Å². The van der Waals surface area contributed by atoms with E-state index in [2.05, 4.69) is 17.1 Å². The number of fused-ring (bicyclic) bond motifs is 1. The van der Waals surface area contributed by atoms with Crippen LogP contribution in [0.5, 0.6) is 0 Å². The summed E-state index contributed by atoms with van der Waals surface area (Å²) in [5, 5.41) is 5.13. The number of ether oxygens (including phenoxy) is 1. The van der Waals surface area contributed by atoms with Gasteiger partial charge in [-0.05, 0) is 30.7 Å². The summed E-state index contributed by atoms with van der Waals surface area (Å²) in [5.74, 6) is 0.865. The molecule has 0 spiro atoms. The third kappa shape index (κ3) is 3.65. The first-order valence-corrected chi connectivity index (χ1v) is 8.79. The quantitative estimate of drug-likeness (QED) is 0.924. The van der Waals surface area contributed by atoms with Gasteiger partial charge in [0.25, 0.3) is 5.91 Å². The summed E-state index contributed by atoms with van der Waals surface area (Å²) in [6, 6.07) is 0. The smallest absolute Gasteiger partial charge is 0.252 e. The topological polar surface area (TPSA) is 41.6 Å². The fraction of sp³-hybridized carbons (Fsp3) is 0.688. The van der Waals surface area contributed by atoms with Gasteiger partial charge in [0, 0.05) is 36.4 Å². The lowest BCUT2D eigenvalue weighted by molar-refractivity contribution is 0.0383. The van der Waals surface area contributed by atoms with Gasteiger partial charge in [-0.3, -0.25) is 9.69 Å². The standard InChI is InChI=1S/C16H24N2O2S/c1-12-2-3-13-14(11-21-15(13)10-12)16(19)17-4-5-18-6-8-20-9-7-18/h11-12H,2-10H2,1H3,(H,17,19)/t12-/m1/s1. The lowest BCUT2D eigenvalue weighted by atomic mass is 9.88. The van der Waals surface area contributed by atoms with Crippen molar-refractivity contribution >= 4 is 17.2 Å². The number of amides is 1. The molecule has 0 radical (unpaired) electrons. The highest BCUT2D eigenvalue weighted by Gasteiger charge is 2.23. The molecule has 116 valence electrons. The van der Waals surface area contributed by atoms with Crippen LogP contribution in [0.25, 0.3) is 0 Å². The van der Waals surface area contributed by atoms with E-state index >= 15 is 0 Å². The van der Waals surface area contributed by atoms with Crippen molar-refractivity contribution in [3.63, 3.8) is 0 Å². The number of rotatable bonds is 4. The normalized spacial score (nSPS) is 22.8. The van der Waals surface area contributed by atoms with E-state index in [0.29, 0.717) is 0 Å². The Morgan fingerprint density at radius 3 is 3.10 bits per heavy atom. The molecule has 1 aromatic heterocycles. The molecule has 3 rings (SSSR count). The molecule has 1 fully saturated rings. The Labute approximate surface area is 130 Å². The summed E-state index contributed by atoms with van der Waals surface area (Å²) >= 11 is 1.76. The Morgan fingerprint density at radius 1 is 1.48 bits per heavy atom. The monoisotopic (exact) mass is 308 g/mol. The van der Waals surface area contributed by atoms with E-state index in [-0.39, 0.29) is 5.91 Å². The summed E-state index contributed by atoms with van der Waals surface area (Å²) in [5.41, 5.74) is 2.23. The predicted octanol–water partition coefficient (Wildman–Crippen LogP) is 1.93. The maximum Gasteiger partial charge on any atom is 0.252 e. The molecule has 2 aliphatic rings. The molecule has 5 heteroatoms. The van der Waals surface area contributed by atoms with Gasteiger partial charge in [-0.15, -0.1) is 11.3 Å². The van der Waals surface area contributed by atoms with E-state index in [1.165, 1.54) is 16.9 Å². The van der Waals surface area contributed by atoms with Crippen molar-refractivity contribution in [3.8, 4) is 0 Å². The molecule has 1 saturated heterocycles. The summed E-state index contributed by atoms with van der Waals surface area (Å²) in [6.45, 7) is 7.50. The summed E-state index contributed by atoms with van der Waals surface area (Å²) in [4.78, 5) is 16.1. The van der Waals surface area contributed by atoms with Gasteiger partial charge in [0.2, 0.25) is 0 Å². The Kier molecular flexibility index (Phi) is 4.93. The van der Waals surface area contributed by atoms with E-state index in [1.54, 1.807) is 11.3 Å². The highest BCUT2D eigenvalue weighted by molar-refractivity contribution is 7.10. The van der Waals surface area contributed by atoms with Crippen LogP contribution in [0.3, 0.4) is 0 Å². The Bertz CT molecular complexity index is 494. The van der Waals surface area contributed by atoms with Crippen molar-refractivity contribution in [2.45, 2.75) is 26.2 Å².